The van der Waals surface area contributed by atoms with E-state index < -0.39 is 39.5 Å². The number of pyridine rings is 2. The van der Waals surface area contributed by atoms with Crippen LogP contribution in [0.5, 0.6) is 0 Å². The average molecular weight is 524 g/mol. The molecule has 14 heteroatoms. The van der Waals surface area contributed by atoms with Gasteiger partial charge in [0.05, 0.1) is 22.3 Å². The zero-order valence-electron chi connectivity index (χ0n) is 18.5. The van der Waals surface area contributed by atoms with Gasteiger partial charge in [0.25, 0.3) is 0 Å². The lowest BCUT2D eigenvalue weighted by Crippen LogP contribution is -2.56. The summed E-state index contributed by atoms with van der Waals surface area (Å²) < 4.78 is 120. The second-order valence-corrected chi connectivity index (χ2v) is 9.93. The number of nitrogens with zero attached hydrogens (tertiary/aromatic N) is 4. The zero-order chi connectivity index (χ0) is 26.4. The van der Waals surface area contributed by atoms with Gasteiger partial charge in [0.15, 0.2) is 15.7 Å². The summed E-state index contributed by atoms with van der Waals surface area (Å²) in [7, 11) is -2.93. The second kappa shape index (κ2) is 8.88. The fourth-order valence-electron chi connectivity index (χ4n) is 3.58. The van der Waals surface area contributed by atoms with Crippen molar-refractivity contribution >= 4 is 9.84 Å². The van der Waals surface area contributed by atoms with Crippen LogP contribution < -0.4 is 0 Å². The van der Waals surface area contributed by atoms with Crippen LogP contribution in [0.4, 0.5) is 30.7 Å². The lowest BCUT2D eigenvalue weighted by molar-refractivity contribution is -0.348. The van der Waals surface area contributed by atoms with E-state index in [1.165, 1.54) is 25.4 Å². The minimum Gasteiger partial charge on any atom is -0.329 e. The molecule has 0 saturated heterocycles. The van der Waals surface area contributed by atoms with E-state index in [1.807, 2.05) is 0 Å². The number of imidazole rings is 1. The fraction of sp³-hybridized carbons (Fsp3) is 0.381. The van der Waals surface area contributed by atoms with Gasteiger partial charge in [-0.25, -0.2) is 17.8 Å². The second-order valence-electron chi connectivity index (χ2n) is 7.68. The molecule has 0 spiro atoms. The lowest BCUT2D eigenvalue weighted by atomic mass is 9.86. The first-order chi connectivity index (χ1) is 16.1. The maximum atomic E-state index is 14.6. The maximum Gasteiger partial charge on any atom is 0.432 e. The van der Waals surface area contributed by atoms with Crippen molar-refractivity contribution in [2.75, 3.05) is 5.75 Å². The Morgan fingerprint density at radius 2 is 1.60 bits per heavy atom. The van der Waals surface area contributed by atoms with Crippen LogP contribution in [0.2, 0.25) is 0 Å². The zero-order valence-corrected chi connectivity index (χ0v) is 19.3. The largest absolute Gasteiger partial charge is 0.432 e. The van der Waals surface area contributed by atoms with Crippen LogP contribution in [0.3, 0.4) is 0 Å². The van der Waals surface area contributed by atoms with E-state index in [1.54, 1.807) is 18.2 Å². The minimum absolute atomic E-state index is 0.307. The average Bonchev–Trinajstić information content (AvgIpc) is 3.17. The molecule has 190 valence electrons. The summed E-state index contributed by atoms with van der Waals surface area (Å²) in [5, 5.41) is 0. The van der Waals surface area contributed by atoms with Crippen LogP contribution in [0.15, 0.2) is 47.8 Å². The van der Waals surface area contributed by atoms with Gasteiger partial charge in [-0.1, -0.05) is 19.9 Å². The maximum absolute atomic E-state index is 14.6. The molecule has 0 amide bonds. The molecule has 3 heterocycles. The summed E-state index contributed by atoms with van der Waals surface area (Å²) in [6.45, 7) is 1.78. The van der Waals surface area contributed by atoms with Crippen molar-refractivity contribution in [2.24, 2.45) is 7.05 Å². The third-order valence-electron chi connectivity index (χ3n) is 5.63. The molecule has 1 atom stereocenters. The van der Waals surface area contributed by atoms with E-state index in [0.717, 1.165) is 11.6 Å². The van der Waals surface area contributed by atoms with Gasteiger partial charge in [-0.3, -0.25) is 9.97 Å². The Morgan fingerprint density at radius 1 is 0.971 bits per heavy atom. The Bertz CT molecular complexity index is 1310. The molecule has 35 heavy (non-hydrogen) atoms. The van der Waals surface area contributed by atoms with Gasteiger partial charge in [-0.15, -0.1) is 0 Å². The van der Waals surface area contributed by atoms with Gasteiger partial charge in [0.2, 0.25) is 0 Å². The monoisotopic (exact) mass is 524 g/mol. The normalized spacial score (nSPS) is 14.2. The molecule has 6 nitrogen and oxygen atoms in total. The van der Waals surface area contributed by atoms with Gasteiger partial charge < -0.3 is 4.57 Å². The highest BCUT2D eigenvalue weighted by Crippen LogP contribution is 2.54. The molecule has 0 saturated carbocycles. The first-order valence-corrected chi connectivity index (χ1v) is 11.7. The third-order valence-corrected chi connectivity index (χ3v) is 7.37. The van der Waals surface area contributed by atoms with E-state index in [2.05, 4.69) is 15.0 Å². The molecule has 0 bridgehead atoms. The van der Waals surface area contributed by atoms with Crippen LogP contribution in [0.25, 0.3) is 22.8 Å². The number of rotatable bonds is 6. The van der Waals surface area contributed by atoms with Crippen LogP contribution >= 0.6 is 0 Å². The van der Waals surface area contributed by atoms with E-state index in [0.29, 0.717) is 24.4 Å². The molecule has 0 aromatic carbocycles. The fourth-order valence-corrected chi connectivity index (χ4v) is 4.64. The van der Waals surface area contributed by atoms with Crippen LogP contribution in [0.1, 0.15) is 25.5 Å². The smallest absolute Gasteiger partial charge is 0.329 e. The third kappa shape index (κ3) is 4.50. The van der Waals surface area contributed by atoms with Crippen molar-refractivity contribution in [3.63, 3.8) is 0 Å². The highest BCUT2D eigenvalue weighted by atomic mass is 32.2. The number of aromatic nitrogens is 4. The van der Waals surface area contributed by atoms with Crippen molar-refractivity contribution in [3.8, 4) is 22.8 Å². The number of alkyl halides is 7. The SMILES string of the molecule is CCS(=O)(=O)c1cc(-c2ccccn2)cnc1-c1ncc([C@H](C)C(F)(C(F)(F)F)C(F)(F)F)n1C. The van der Waals surface area contributed by atoms with Gasteiger partial charge in [-0.05, 0) is 18.2 Å². The van der Waals surface area contributed by atoms with E-state index >= 15 is 0 Å². The predicted octanol–water partition coefficient (Wildman–Crippen LogP) is 5.27. The number of halogens is 7. The van der Waals surface area contributed by atoms with Crippen molar-refractivity contribution < 1.29 is 39.2 Å². The Kier molecular flexibility index (Phi) is 6.74. The molecular formula is C21H19F7N4O2S. The Morgan fingerprint density at radius 3 is 2.11 bits per heavy atom. The minimum atomic E-state index is -6.27. The van der Waals surface area contributed by atoms with Crippen LogP contribution in [-0.2, 0) is 16.9 Å². The quantitative estimate of drug-likeness (QED) is 0.411. The molecule has 3 aromatic rings. The molecule has 3 rings (SSSR count). The number of hydrogen-bond donors (Lipinski definition) is 0. The molecule has 0 aliphatic heterocycles. The van der Waals surface area contributed by atoms with Gasteiger partial charge in [0.1, 0.15) is 5.69 Å². The van der Waals surface area contributed by atoms with Crippen molar-refractivity contribution in [3.05, 3.63) is 48.5 Å². The van der Waals surface area contributed by atoms with Gasteiger partial charge >= 0.3 is 18.0 Å². The van der Waals surface area contributed by atoms with Gasteiger partial charge in [-0.2, -0.15) is 26.3 Å². The summed E-state index contributed by atoms with van der Waals surface area (Å²) in [5.74, 6) is -3.48. The topological polar surface area (TPSA) is 77.7 Å². The Balaban J connectivity index is 2.20. The molecule has 3 aromatic heterocycles. The van der Waals surface area contributed by atoms with Crippen molar-refractivity contribution in [2.45, 2.75) is 42.7 Å². The highest BCUT2D eigenvalue weighted by molar-refractivity contribution is 7.91. The van der Waals surface area contributed by atoms with Crippen LogP contribution in [0, 0.1) is 0 Å². The van der Waals surface area contributed by atoms with Crippen LogP contribution in [-0.4, -0.2) is 51.7 Å². The predicted molar refractivity (Wildman–Crippen MR) is 112 cm³/mol. The molecule has 0 fully saturated rings. The van der Waals surface area contributed by atoms with E-state index in [4.69, 9.17) is 0 Å². The molecule has 0 aliphatic carbocycles. The Hall–Kier alpha value is -3.03. The first kappa shape index (κ1) is 26.6. The number of sulfone groups is 1. The standard InChI is InChI=1S/C21H19F7N4O2S/c1-4-35(33,34)16-9-13(14-7-5-6-8-29-14)10-30-17(16)18-31-11-15(32(18)3)12(2)19(22,20(23,24)25)21(26,27)28/h5-12H,4H2,1-3H3/t12-/m0/s1. The molecular weight excluding hydrogens is 505 g/mol. The summed E-state index contributed by atoms with van der Waals surface area (Å²) in [5.41, 5.74) is -5.95. The summed E-state index contributed by atoms with van der Waals surface area (Å²) in [6.07, 6.45) is -9.19. The first-order valence-electron chi connectivity index (χ1n) is 10.0. The van der Waals surface area contributed by atoms with E-state index in [9.17, 15) is 39.2 Å². The Labute approximate surface area is 195 Å². The molecule has 0 radical (unpaired) electrons. The summed E-state index contributed by atoms with van der Waals surface area (Å²) in [4.78, 5) is 11.7. The molecule has 0 N–H and O–H groups in total. The van der Waals surface area contributed by atoms with Gasteiger partial charge in [0, 0.05) is 36.9 Å². The summed E-state index contributed by atoms with van der Waals surface area (Å²) in [6, 6.07) is 6.13. The summed E-state index contributed by atoms with van der Waals surface area (Å²) >= 11 is 0. The number of hydrogen-bond acceptors (Lipinski definition) is 5. The van der Waals surface area contributed by atoms with Crippen molar-refractivity contribution in [1.82, 2.24) is 19.5 Å². The highest BCUT2D eigenvalue weighted by Gasteiger charge is 2.75. The molecule has 0 unspecified atom stereocenters. The lowest BCUT2D eigenvalue weighted by Gasteiger charge is -2.34. The van der Waals surface area contributed by atoms with Crippen molar-refractivity contribution in [1.29, 1.82) is 0 Å². The molecule has 0 aliphatic rings. The van der Waals surface area contributed by atoms with E-state index in [-0.39, 0.29) is 22.2 Å².